The predicted molar refractivity (Wildman–Crippen MR) is 114 cm³/mol. The fourth-order valence-electron chi connectivity index (χ4n) is 3.38. The van der Waals surface area contributed by atoms with Crippen molar-refractivity contribution < 1.29 is 18.3 Å². The van der Waals surface area contributed by atoms with Gasteiger partial charge >= 0.3 is 5.97 Å². The number of pyridine rings is 1. The maximum atomic E-state index is 13.5. The van der Waals surface area contributed by atoms with E-state index >= 15 is 0 Å². The summed E-state index contributed by atoms with van der Waals surface area (Å²) in [7, 11) is -2.82. The van der Waals surface area contributed by atoms with Crippen LogP contribution in [0.25, 0.3) is 10.9 Å². The lowest BCUT2D eigenvalue weighted by Gasteiger charge is -2.11. The molecule has 0 fully saturated rings. The number of aromatic carboxylic acids is 1. The quantitative estimate of drug-likeness (QED) is 0.579. The van der Waals surface area contributed by atoms with Crippen LogP contribution in [-0.2, 0) is 23.5 Å². The normalized spacial score (nSPS) is 11.9. The Morgan fingerprint density at radius 3 is 2.38 bits per heavy atom. The lowest BCUT2D eigenvalue weighted by atomic mass is 10.1. The standard InChI is InChI=1S/C20H21BrN2O5S/c1-4-5-6-14-16-15(21)11-22(3)19(24)18(16)23(17(14)20(25)26)29(27,28)13-9-7-12(2)8-10-13/h7-11H,4-6H2,1-3H3,(H,25,26). The van der Waals surface area contributed by atoms with E-state index < -0.39 is 27.2 Å². The van der Waals surface area contributed by atoms with Crippen molar-refractivity contribution in [1.82, 2.24) is 8.54 Å². The van der Waals surface area contributed by atoms with Crippen LogP contribution in [-0.4, -0.2) is 28.0 Å². The molecule has 0 unspecified atom stereocenters. The highest BCUT2D eigenvalue weighted by atomic mass is 79.9. The molecule has 154 valence electrons. The van der Waals surface area contributed by atoms with Crippen LogP contribution in [0.4, 0.5) is 0 Å². The second-order valence-electron chi connectivity index (χ2n) is 6.94. The van der Waals surface area contributed by atoms with Gasteiger partial charge in [0.1, 0.15) is 11.2 Å². The Kier molecular flexibility index (Phi) is 5.73. The molecule has 2 heterocycles. The van der Waals surface area contributed by atoms with Gasteiger partial charge < -0.3 is 9.67 Å². The average molecular weight is 481 g/mol. The zero-order valence-corrected chi connectivity index (χ0v) is 18.7. The van der Waals surface area contributed by atoms with Gasteiger partial charge in [-0.05, 0) is 53.4 Å². The average Bonchev–Trinajstić information content (AvgIpc) is 3.01. The Hall–Kier alpha value is -2.39. The van der Waals surface area contributed by atoms with E-state index in [0.717, 1.165) is 12.0 Å². The predicted octanol–water partition coefficient (Wildman–Crippen LogP) is 3.69. The molecule has 0 aliphatic rings. The molecular weight excluding hydrogens is 460 g/mol. The first-order valence-electron chi connectivity index (χ1n) is 9.09. The van der Waals surface area contributed by atoms with Crippen LogP contribution in [0.2, 0.25) is 0 Å². The van der Waals surface area contributed by atoms with Gasteiger partial charge in [-0.15, -0.1) is 0 Å². The summed E-state index contributed by atoms with van der Waals surface area (Å²) in [5.74, 6) is -1.39. The molecular formula is C20H21BrN2O5S. The molecule has 2 aromatic heterocycles. The minimum atomic E-state index is -4.32. The molecule has 1 N–H and O–H groups in total. The summed E-state index contributed by atoms with van der Waals surface area (Å²) in [6, 6.07) is 6.09. The number of halogens is 1. The number of aryl methyl sites for hydroxylation is 3. The van der Waals surface area contributed by atoms with Gasteiger partial charge in [0.2, 0.25) is 0 Å². The molecule has 0 radical (unpaired) electrons. The molecule has 0 aliphatic heterocycles. The number of unbranched alkanes of at least 4 members (excludes halogenated alkanes) is 1. The van der Waals surface area contributed by atoms with E-state index in [1.807, 2.05) is 13.8 Å². The van der Waals surface area contributed by atoms with Crippen molar-refractivity contribution in [3.63, 3.8) is 0 Å². The molecule has 3 rings (SSSR count). The van der Waals surface area contributed by atoms with Crippen LogP contribution < -0.4 is 5.56 Å². The number of nitrogens with zero attached hydrogens (tertiary/aromatic N) is 2. The van der Waals surface area contributed by atoms with Gasteiger partial charge in [-0.2, -0.15) is 0 Å². The summed E-state index contributed by atoms with van der Waals surface area (Å²) in [4.78, 5) is 25.1. The third-order valence-electron chi connectivity index (χ3n) is 4.84. The monoisotopic (exact) mass is 480 g/mol. The maximum absolute atomic E-state index is 13.5. The molecule has 0 saturated heterocycles. The van der Waals surface area contributed by atoms with Crippen LogP contribution in [0.5, 0.6) is 0 Å². The zero-order valence-electron chi connectivity index (χ0n) is 16.3. The number of rotatable bonds is 6. The fourth-order valence-corrected chi connectivity index (χ4v) is 5.64. The van der Waals surface area contributed by atoms with E-state index in [9.17, 15) is 23.1 Å². The molecule has 0 spiro atoms. The van der Waals surface area contributed by atoms with Crippen molar-refractivity contribution in [2.75, 3.05) is 0 Å². The highest BCUT2D eigenvalue weighted by molar-refractivity contribution is 9.10. The van der Waals surface area contributed by atoms with E-state index in [1.54, 1.807) is 12.1 Å². The van der Waals surface area contributed by atoms with Crippen LogP contribution in [0.1, 0.15) is 41.4 Å². The molecule has 1 aromatic carbocycles. The van der Waals surface area contributed by atoms with Crippen molar-refractivity contribution in [2.45, 2.75) is 38.0 Å². The summed E-state index contributed by atoms with van der Waals surface area (Å²) in [5.41, 5.74) is 0.0739. The number of carboxylic acid groups (broad SMARTS) is 1. The topological polar surface area (TPSA) is 98.4 Å². The van der Waals surface area contributed by atoms with Crippen molar-refractivity contribution in [3.05, 3.63) is 62.1 Å². The Balaban J connectivity index is 2.54. The van der Waals surface area contributed by atoms with E-state index in [0.29, 0.717) is 32.2 Å². The number of benzene rings is 1. The molecule has 0 aliphatic carbocycles. The minimum absolute atomic E-state index is 0.0772. The molecule has 0 amide bonds. The lowest BCUT2D eigenvalue weighted by molar-refractivity contribution is 0.0688. The van der Waals surface area contributed by atoms with Crippen LogP contribution in [0, 0.1) is 6.92 Å². The number of fused-ring (bicyclic) bond motifs is 1. The molecule has 0 bridgehead atoms. The van der Waals surface area contributed by atoms with Crippen molar-refractivity contribution >= 4 is 42.8 Å². The molecule has 0 saturated carbocycles. The Morgan fingerprint density at radius 1 is 1.21 bits per heavy atom. The molecule has 7 nitrogen and oxygen atoms in total. The Morgan fingerprint density at radius 2 is 1.83 bits per heavy atom. The van der Waals surface area contributed by atoms with Crippen LogP contribution in [0.15, 0.2) is 44.6 Å². The van der Waals surface area contributed by atoms with Crippen LogP contribution >= 0.6 is 15.9 Å². The van der Waals surface area contributed by atoms with Gasteiger partial charge in [-0.3, -0.25) is 4.79 Å². The number of carbonyl (C=O) groups is 1. The van der Waals surface area contributed by atoms with E-state index in [1.165, 1.54) is 29.9 Å². The second-order valence-corrected chi connectivity index (χ2v) is 9.58. The van der Waals surface area contributed by atoms with E-state index in [4.69, 9.17) is 0 Å². The van der Waals surface area contributed by atoms with Gasteiger partial charge in [0.25, 0.3) is 15.6 Å². The second kappa shape index (κ2) is 7.79. The number of aromatic nitrogens is 2. The van der Waals surface area contributed by atoms with Gasteiger partial charge in [-0.1, -0.05) is 31.0 Å². The first-order valence-corrected chi connectivity index (χ1v) is 11.3. The third kappa shape index (κ3) is 3.53. The van der Waals surface area contributed by atoms with E-state index in [2.05, 4.69) is 15.9 Å². The summed E-state index contributed by atoms with van der Waals surface area (Å²) in [6.07, 6.45) is 3.32. The highest BCUT2D eigenvalue weighted by Gasteiger charge is 2.33. The molecule has 0 atom stereocenters. The van der Waals surface area contributed by atoms with Crippen LogP contribution in [0.3, 0.4) is 0 Å². The minimum Gasteiger partial charge on any atom is -0.477 e. The molecule has 29 heavy (non-hydrogen) atoms. The number of hydrogen-bond acceptors (Lipinski definition) is 4. The summed E-state index contributed by atoms with van der Waals surface area (Å²) in [6.45, 7) is 3.77. The molecule has 3 aromatic rings. The Bertz CT molecular complexity index is 1270. The number of hydrogen-bond donors (Lipinski definition) is 1. The van der Waals surface area contributed by atoms with Crippen molar-refractivity contribution in [3.8, 4) is 0 Å². The SMILES string of the molecule is CCCCc1c(C(=O)O)n(S(=O)(=O)c2ccc(C)cc2)c2c(=O)n(C)cc(Br)c12. The van der Waals surface area contributed by atoms with Gasteiger partial charge in [-0.25, -0.2) is 17.2 Å². The highest BCUT2D eigenvalue weighted by Crippen LogP contribution is 2.34. The fraction of sp³-hybridized carbons (Fsp3) is 0.300. The van der Waals surface area contributed by atoms with Crippen molar-refractivity contribution in [2.24, 2.45) is 7.05 Å². The van der Waals surface area contributed by atoms with Gasteiger partial charge in [0, 0.05) is 23.1 Å². The summed E-state index contributed by atoms with van der Waals surface area (Å²) < 4.78 is 29.4. The van der Waals surface area contributed by atoms with E-state index in [-0.39, 0.29) is 10.4 Å². The summed E-state index contributed by atoms with van der Waals surface area (Å²) >= 11 is 3.39. The van der Waals surface area contributed by atoms with Gasteiger partial charge in [0.15, 0.2) is 0 Å². The maximum Gasteiger partial charge on any atom is 0.353 e. The zero-order chi connectivity index (χ0) is 21.5. The largest absolute Gasteiger partial charge is 0.477 e. The smallest absolute Gasteiger partial charge is 0.353 e. The summed E-state index contributed by atoms with van der Waals surface area (Å²) in [5, 5.41) is 10.3. The number of carboxylic acids is 1. The molecule has 9 heteroatoms. The Labute approximate surface area is 176 Å². The first kappa shape index (κ1) is 21.3. The third-order valence-corrected chi connectivity index (χ3v) is 7.16. The lowest BCUT2D eigenvalue weighted by Crippen LogP contribution is -2.25. The first-order chi connectivity index (χ1) is 13.6. The van der Waals surface area contributed by atoms with Crippen molar-refractivity contribution in [1.29, 1.82) is 0 Å². The van der Waals surface area contributed by atoms with Gasteiger partial charge in [0.05, 0.1) is 4.90 Å².